The Labute approximate surface area is 230 Å². The van der Waals surface area contributed by atoms with Crippen LogP contribution in [0.2, 0.25) is 0 Å². The van der Waals surface area contributed by atoms with Gasteiger partial charge in [0.15, 0.2) is 5.65 Å². The lowest BCUT2D eigenvalue weighted by Crippen LogP contribution is -2.44. The Kier molecular flexibility index (Phi) is 7.61. The number of rotatable bonds is 4. The third kappa shape index (κ3) is 6.17. The maximum Gasteiger partial charge on any atom is 0.416 e. The molecule has 40 heavy (non-hydrogen) atoms. The van der Waals surface area contributed by atoms with E-state index in [0.29, 0.717) is 30.1 Å². The van der Waals surface area contributed by atoms with Gasteiger partial charge in [-0.1, -0.05) is 18.1 Å². The number of anilines is 1. The summed E-state index contributed by atoms with van der Waals surface area (Å²) in [7, 11) is 2.00. The predicted molar refractivity (Wildman–Crippen MR) is 147 cm³/mol. The average Bonchev–Trinajstić information content (AvgIpc) is 3.31. The van der Waals surface area contributed by atoms with Crippen LogP contribution in [0.5, 0.6) is 0 Å². The topological polar surface area (TPSA) is 65.8 Å². The standard InChI is InChI=1S/C30H29F3N6O/c1-20-10-11-39-27(35-36-28(39)16-20)9-7-22-17-23(5-4-21(22)2)29(40)34-25-8-6-24(26(18-25)30(31,32)33)19-38-14-12-37(3)13-15-38/h4-6,8,10-11,16-18H,12-15,19H2,1-3H3,(H,34,40). The van der Waals surface area contributed by atoms with Gasteiger partial charge in [0.25, 0.3) is 5.91 Å². The molecule has 0 aliphatic carbocycles. The molecule has 0 unspecified atom stereocenters. The second kappa shape index (κ2) is 11.1. The number of benzene rings is 2. The summed E-state index contributed by atoms with van der Waals surface area (Å²) in [6.45, 7) is 7.08. The van der Waals surface area contributed by atoms with Crippen LogP contribution in [-0.4, -0.2) is 63.5 Å². The first-order valence-corrected chi connectivity index (χ1v) is 12.9. The Bertz CT molecular complexity index is 1620. The van der Waals surface area contributed by atoms with Crippen LogP contribution in [0.1, 0.15) is 44.0 Å². The molecule has 1 aliphatic rings. The van der Waals surface area contributed by atoms with Crippen LogP contribution in [0, 0.1) is 25.7 Å². The van der Waals surface area contributed by atoms with Crippen LogP contribution in [0.4, 0.5) is 18.9 Å². The number of nitrogens with zero attached hydrogens (tertiary/aromatic N) is 5. The Morgan fingerprint density at radius 2 is 1.75 bits per heavy atom. The molecule has 10 heteroatoms. The van der Waals surface area contributed by atoms with Gasteiger partial charge in [0.1, 0.15) is 0 Å². The summed E-state index contributed by atoms with van der Waals surface area (Å²) in [6.07, 6.45) is -2.70. The van der Waals surface area contributed by atoms with Crippen LogP contribution in [0.25, 0.3) is 5.65 Å². The number of halogens is 3. The molecule has 2 aromatic carbocycles. The highest BCUT2D eigenvalue weighted by atomic mass is 19.4. The largest absolute Gasteiger partial charge is 0.416 e. The van der Waals surface area contributed by atoms with Gasteiger partial charge >= 0.3 is 6.18 Å². The maximum atomic E-state index is 14.0. The van der Waals surface area contributed by atoms with E-state index in [1.54, 1.807) is 22.6 Å². The molecule has 2 aromatic heterocycles. The fraction of sp³-hybridized carbons (Fsp3) is 0.300. The number of hydrogen-bond donors (Lipinski definition) is 1. The second-order valence-corrected chi connectivity index (χ2v) is 10.1. The van der Waals surface area contributed by atoms with E-state index in [1.807, 2.05) is 44.1 Å². The molecule has 0 saturated carbocycles. The highest BCUT2D eigenvalue weighted by molar-refractivity contribution is 6.04. The number of aromatic nitrogens is 3. The molecule has 5 rings (SSSR count). The van der Waals surface area contributed by atoms with Gasteiger partial charge in [-0.05, 0) is 79.9 Å². The van der Waals surface area contributed by atoms with E-state index in [0.717, 1.165) is 30.3 Å². The van der Waals surface area contributed by atoms with Crippen LogP contribution in [0.15, 0.2) is 54.7 Å². The first kappa shape index (κ1) is 27.4. The monoisotopic (exact) mass is 546 g/mol. The van der Waals surface area contributed by atoms with Gasteiger partial charge in [0, 0.05) is 55.7 Å². The molecule has 0 radical (unpaired) electrons. The smallest absolute Gasteiger partial charge is 0.322 e. The second-order valence-electron chi connectivity index (χ2n) is 10.1. The molecule has 1 aliphatic heterocycles. The van der Waals surface area contributed by atoms with Gasteiger partial charge in [-0.3, -0.25) is 14.1 Å². The van der Waals surface area contributed by atoms with Gasteiger partial charge in [-0.2, -0.15) is 13.2 Å². The molecule has 206 valence electrons. The quantitative estimate of drug-likeness (QED) is 0.374. The zero-order valence-electron chi connectivity index (χ0n) is 22.5. The number of fused-ring (bicyclic) bond motifs is 1. The number of likely N-dealkylation sites (N-methyl/N-ethyl adjacent to an activating group) is 1. The van der Waals surface area contributed by atoms with Crippen LogP contribution >= 0.6 is 0 Å². The fourth-order valence-corrected chi connectivity index (χ4v) is 4.61. The molecule has 4 aromatic rings. The van der Waals surface area contributed by atoms with Gasteiger partial charge < -0.3 is 10.2 Å². The Balaban J connectivity index is 1.35. The van der Waals surface area contributed by atoms with Crippen molar-refractivity contribution < 1.29 is 18.0 Å². The van der Waals surface area contributed by atoms with Crippen molar-refractivity contribution in [1.29, 1.82) is 0 Å². The Morgan fingerprint density at radius 1 is 0.975 bits per heavy atom. The van der Waals surface area contributed by atoms with Crippen molar-refractivity contribution in [3.8, 4) is 11.8 Å². The molecule has 7 nitrogen and oxygen atoms in total. The summed E-state index contributed by atoms with van der Waals surface area (Å²) in [5.41, 5.74) is 3.01. The number of alkyl halides is 3. The molecular weight excluding hydrogens is 517 g/mol. The fourth-order valence-electron chi connectivity index (χ4n) is 4.61. The summed E-state index contributed by atoms with van der Waals surface area (Å²) in [4.78, 5) is 17.2. The molecule has 0 spiro atoms. The highest BCUT2D eigenvalue weighted by Gasteiger charge is 2.34. The van der Waals surface area contributed by atoms with Crippen molar-refractivity contribution >= 4 is 17.2 Å². The molecule has 0 bridgehead atoms. The molecule has 3 heterocycles. The minimum absolute atomic E-state index is 0.0814. The van der Waals surface area contributed by atoms with E-state index in [2.05, 4.69) is 32.3 Å². The Hall–Kier alpha value is -4.20. The third-order valence-electron chi connectivity index (χ3n) is 7.04. The number of nitrogens with one attached hydrogen (secondary N) is 1. The van der Waals surface area contributed by atoms with Crippen molar-refractivity contribution in [3.05, 3.63) is 93.9 Å². The zero-order chi connectivity index (χ0) is 28.4. The maximum absolute atomic E-state index is 14.0. The minimum Gasteiger partial charge on any atom is -0.322 e. The van der Waals surface area contributed by atoms with Crippen molar-refractivity contribution in [3.63, 3.8) is 0 Å². The normalized spacial score (nSPS) is 14.7. The van der Waals surface area contributed by atoms with E-state index in [4.69, 9.17) is 0 Å². The summed E-state index contributed by atoms with van der Waals surface area (Å²) in [5, 5.41) is 10.9. The number of piperazine rings is 1. The van der Waals surface area contributed by atoms with Crippen molar-refractivity contribution in [2.45, 2.75) is 26.6 Å². The lowest BCUT2D eigenvalue weighted by atomic mass is 10.0. The van der Waals surface area contributed by atoms with E-state index in [-0.39, 0.29) is 23.4 Å². The number of carbonyl (C=O) groups excluding carboxylic acids is 1. The Morgan fingerprint density at radius 3 is 2.50 bits per heavy atom. The van der Waals surface area contributed by atoms with Gasteiger partial charge in [-0.25, -0.2) is 0 Å². The highest BCUT2D eigenvalue weighted by Crippen LogP contribution is 2.34. The van der Waals surface area contributed by atoms with Gasteiger partial charge in [0.2, 0.25) is 5.82 Å². The molecule has 1 saturated heterocycles. The molecule has 1 fully saturated rings. The molecular formula is C30H29F3N6O. The first-order chi connectivity index (χ1) is 19.1. The number of hydrogen-bond acceptors (Lipinski definition) is 5. The van der Waals surface area contributed by atoms with E-state index < -0.39 is 17.6 Å². The SMILES string of the molecule is Cc1ccn2c(C#Cc3cc(C(=O)Nc4ccc(CN5CCN(C)CC5)c(C(F)(F)F)c4)ccc3C)nnc2c1. The molecule has 1 N–H and O–H groups in total. The number of aryl methyl sites for hydroxylation is 2. The zero-order valence-corrected chi connectivity index (χ0v) is 22.5. The summed E-state index contributed by atoms with van der Waals surface area (Å²) < 4.78 is 43.6. The molecule has 1 amide bonds. The lowest BCUT2D eigenvalue weighted by molar-refractivity contribution is -0.138. The number of amides is 1. The summed E-state index contributed by atoms with van der Waals surface area (Å²) in [6, 6.07) is 12.8. The lowest BCUT2D eigenvalue weighted by Gasteiger charge is -2.33. The van der Waals surface area contributed by atoms with Crippen LogP contribution in [-0.2, 0) is 12.7 Å². The molecule has 0 atom stereocenters. The average molecular weight is 547 g/mol. The summed E-state index contributed by atoms with van der Waals surface area (Å²) in [5.74, 6) is 5.99. The third-order valence-corrected chi connectivity index (χ3v) is 7.04. The van der Waals surface area contributed by atoms with Crippen LogP contribution < -0.4 is 5.32 Å². The number of carbonyl (C=O) groups is 1. The van der Waals surface area contributed by atoms with E-state index >= 15 is 0 Å². The van der Waals surface area contributed by atoms with Crippen LogP contribution in [0.3, 0.4) is 0 Å². The van der Waals surface area contributed by atoms with Crippen molar-refractivity contribution in [1.82, 2.24) is 24.4 Å². The van der Waals surface area contributed by atoms with E-state index in [1.165, 1.54) is 12.1 Å². The first-order valence-electron chi connectivity index (χ1n) is 12.9. The number of pyridine rings is 1. The van der Waals surface area contributed by atoms with Crippen molar-refractivity contribution in [2.75, 3.05) is 38.5 Å². The van der Waals surface area contributed by atoms with Gasteiger partial charge in [-0.15, -0.1) is 10.2 Å². The predicted octanol–water partition coefficient (Wildman–Crippen LogP) is 4.76. The van der Waals surface area contributed by atoms with E-state index in [9.17, 15) is 18.0 Å². The summed E-state index contributed by atoms with van der Waals surface area (Å²) >= 11 is 0. The van der Waals surface area contributed by atoms with Crippen molar-refractivity contribution in [2.24, 2.45) is 0 Å². The minimum atomic E-state index is -4.54. The van der Waals surface area contributed by atoms with Gasteiger partial charge in [0.05, 0.1) is 5.56 Å².